The molecule has 1 aromatic rings. The van der Waals surface area contributed by atoms with Gasteiger partial charge in [-0.1, -0.05) is 35.0 Å². The largest absolute Gasteiger partial charge is 0.374 e. The molecule has 18 heavy (non-hydrogen) atoms. The Hall–Kier alpha value is -0.420. The van der Waals surface area contributed by atoms with Gasteiger partial charge in [-0.3, -0.25) is 4.90 Å². The Bertz CT molecular complexity index is 384. The first kappa shape index (κ1) is 14.0. The average molecular weight is 313 g/mol. The molecule has 0 saturated carbocycles. The van der Waals surface area contributed by atoms with E-state index < -0.39 is 0 Å². The highest BCUT2D eigenvalue weighted by Gasteiger charge is 2.32. The van der Waals surface area contributed by atoms with Gasteiger partial charge in [0.25, 0.3) is 0 Å². The van der Waals surface area contributed by atoms with Crippen LogP contribution in [-0.2, 0) is 4.74 Å². The van der Waals surface area contributed by atoms with Crippen LogP contribution in [0.2, 0.25) is 0 Å². The third-order valence-electron chi connectivity index (χ3n) is 3.39. The van der Waals surface area contributed by atoms with E-state index in [9.17, 15) is 0 Å². The van der Waals surface area contributed by atoms with Crippen molar-refractivity contribution in [3.63, 3.8) is 0 Å². The highest BCUT2D eigenvalue weighted by atomic mass is 79.9. The van der Waals surface area contributed by atoms with Gasteiger partial charge in [-0.15, -0.1) is 0 Å². The van der Waals surface area contributed by atoms with E-state index in [2.05, 4.69) is 52.0 Å². The summed E-state index contributed by atoms with van der Waals surface area (Å²) in [6, 6.07) is 8.74. The molecule has 3 nitrogen and oxygen atoms in total. The van der Waals surface area contributed by atoms with Crippen molar-refractivity contribution in [3.8, 4) is 0 Å². The summed E-state index contributed by atoms with van der Waals surface area (Å²) in [6.07, 6.45) is 1.25. The fraction of sp³-hybridized carbons (Fsp3) is 0.571. The lowest BCUT2D eigenvalue weighted by Gasteiger charge is -2.41. The minimum absolute atomic E-state index is 0.0969. The topological polar surface area (TPSA) is 38.5 Å². The van der Waals surface area contributed by atoms with Crippen molar-refractivity contribution in [2.24, 2.45) is 5.73 Å². The van der Waals surface area contributed by atoms with Crippen molar-refractivity contribution < 1.29 is 4.74 Å². The molecule has 1 aliphatic rings. The number of ether oxygens (including phenoxy) is 1. The van der Waals surface area contributed by atoms with Gasteiger partial charge in [-0.2, -0.15) is 0 Å². The van der Waals surface area contributed by atoms with Crippen LogP contribution in [0, 0.1) is 0 Å². The lowest BCUT2D eigenvalue weighted by Crippen LogP contribution is -2.48. The zero-order chi connectivity index (χ0) is 13.0. The Morgan fingerprint density at radius 1 is 1.50 bits per heavy atom. The molecule has 1 aliphatic heterocycles. The number of nitrogens with two attached hydrogens (primary N) is 1. The number of halogens is 1. The van der Waals surface area contributed by atoms with Crippen LogP contribution >= 0.6 is 15.9 Å². The van der Waals surface area contributed by atoms with Crippen LogP contribution in [0.15, 0.2) is 28.7 Å². The van der Waals surface area contributed by atoms with Gasteiger partial charge in [0.2, 0.25) is 0 Å². The number of rotatable bonds is 4. The summed E-state index contributed by atoms with van der Waals surface area (Å²) in [4.78, 5) is 2.49. The van der Waals surface area contributed by atoms with Crippen molar-refractivity contribution in [1.82, 2.24) is 4.90 Å². The molecule has 0 aromatic heterocycles. The SMILES string of the molecule is CCCN1CCOC(CN)C1c1cccc(Br)c1. The molecule has 100 valence electrons. The monoisotopic (exact) mass is 312 g/mol. The summed E-state index contributed by atoms with van der Waals surface area (Å²) in [6.45, 7) is 5.65. The van der Waals surface area contributed by atoms with E-state index >= 15 is 0 Å². The van der Waals surface area contributed by atoms with Gasteiger partial charge in [0.05, 0.1) is 18.8 Å². The first-order valence-corrected chi connectivity index (χ1v) is 7.36. The van der Waals surface area contributed by atoms with Gasteiger partial charge in [0.15, 0.2) is 0 Å². The van der Waals surface area contributed by atoms with Crippen molar-refractivity contribution in [1.29, 1.82) is 0 Å². The third-order valence-corrected chi connectivity index (χ3v) is 3.88. The molecule has 0 radical (unpaired) electrons. The van der Waals surface area contributed by atoms with Crippen LogP contribution in [0.25, 0.3) is 0 Å². The van der Waals surface area contributed by atoms with Gasteiger partial charge in [0.1, 0.15) is 0 Å². The highest BCUT2D eigenvalue weighted by Crippen LogP contribution is 2.30. The van der Waals surface area contributed by atoms with Crippen LogP contribution in [0.3, 0.4) is 0 Å². The molecule has 1 fully saturated rings. The maximum Gasteiger partial charge on any atom is 0.0894 e. The van der Waals surface area contributed by atoms with Gasteiger partial charge < -0.3 is 10.5 Å². The maximum absolute atomic E-state index is 5.86. The molecule has 1 heterocycles. The summed E-state index contributed by atoms with van der Waals surface area (Å²) < 4.78 is 6.94. The molecule has 2 rings (SSSR count). The Morgan fingerprint density at radius 2 is 2.33 bits per heavy atom. The van der Waals surface area contributed by atoms with E-state index in [1.54, 1.807) is 0 Å². The summed E-state index contributed by atoms with van der Waals surface area (Å²) in [5.41, 5.74) is 7.15. The van der Waals surface area contributed by atoms with Crippen LogP contribution < -0.4 is 5.73 Å². The van der Waals surface area contributed by atoms with E-state index in [4.69, 9.17) is 10.5 Å². The van der Waals surface area contributed by atoms with Crippen LogP contribution in [0.4, 0.5) is 0 Å². The fourth-order valence-corrected chi connectivity index (χ4v) is 3.05. The van der Waals surface area contributed by atoms with E-state index in [0.29, 0.717) is 6.54 Å². The van der Waals surface area contributed by atoms with Gasteiger partial charge in [-0.25, -0.2) is 0 Å². The second-order valence-electron chi connectivity index (χ2n) is 4.68. The van der Waals surface area contributed by atoms with Crippen molar-refractivity contribution >= 4 is 15.9 Å². The number of hydrogen-bond donors (Lipinski definition) is 1. The summed E-state index contributed by atoms with van der Waals surface area (Å²) in [5, 5.41) is 0. The molecular weight excluding hydrogens is 292 g/mol. The Morgan fingerprint density at radius 3 is 3.00 bits per heavy atom. The van der Waals surface area contributed by atoms with Crippen molar-refractivity contribution in [3.05, 3.63) is 34.3 Å². The zero-order valence-corrected chi connectivity index (χ0v) is 12.4. The second-order valence-corrected chi connectivity index (χ2v) is 5.60. The highest BCUT2D eigenvalue weighted by molar-refractivity contribution is 9.10. The van der Waals surface area contributed by atoms with E-state index in [1.165, 1.54) is 5.56 Å². The van der Waals surface area contributed by atoms with E-state index in [-0.39, 0.29) is 12.1 Å². The first-order chi connectivity index (χ1) is 8.76. The van der Waals surface area contributed by atoms with Crippen LogP contribution in [0.1, 0.15) is 24.9 Å². The standard InChI is InChI=1S/C14H21BrN2O/c1-2-6-17-7-8-18-13(10-16)14(17)11-4-3-5-12(15)9-11/h3-5,9,13-14H,2,6-8,10,16H2,1H3. The molecule has 1 aromatic carbocycles. The minimum Gasteiger partial charge on any atom is -0.374 e. The normalized spacial score (nSPS) is 25.3. The number of hydrogen-bond acceptors (Lipinski definition) is 3. The van der Waals surface area contributed by atoms with Gasteiger partial charge in [0, 0.05) is 17.6 Å². The van der Waals surface area contributed by atoms with Gasteiger partial charge >= 0.3 is 0 Å². The third kappa shape index (κ3) is 3.12. The quantitative estimate of drug-likeness (QED) is 0.928. The predicted octanol–water partition coefficient (Wildman–Crippen LogP) is 2.56. The molecule has 1 saturated heterocycles. The van der Waals surface area contributed by atoms with Crippen molar-refractivity contribution in [2.45, 2.75) is 25.5 Å². The predicted molar refractivity (Wildman–Crippen MR) is 77.5 cm³/mol. The molecule has 0 bridgehead atoms. The zero-order valence-electron chi connectivity index (χ0n) is 10.8. The Balaban J connectivity index is 2.27. The Kier molecular flexibility index (Phi) is 5.18. The first-order valence-electron chi connectivity index (χ1n) is 6.57. The second kappa shape index (κ2) is 6.66. The average Bonchev–Trinajstić information content (AvgIpc) is 2.38. The number of nitrogens with zero attached hydrogens (tertiary/aromatic N) is 1. The molecule has 2 N–H and O–H groups in total. The van der Waals surface area contributed by atoms with Crippen LogP contribution in [0.5, 0.6) is 0 Å². The smallest absolute Gasteiger partial charge is 0.0894 e. The molecule has 0 aliphatic carbocycles. The molecule has 2 unspecified atom stereocenters. The number of benzene rings is 1. The van der Waals surface area contributed by atoms with E-state index in [0.717, 1.165) is 30.6 Å². The van der Waals surface area contributed by atoms with Crippen molar-refractivity contribution in [2.75, 3.05) is 26.2 Å². The lowest BCUT2D eigenvalue weighted by molar-refractivity contribution is -0.0676. The lowest BCUT2D eigenvalue weighted by atomic mass is 9.98. The van der Waals surface area contributed by atoms with Crippen LogP contribution in [-0.4, -0.2) is 37.2 Å². The molecule has 0 amide bonds. The summed E-state index contributed by atoms with van der Waals surface area (Å²) in [7, 11) is 0. The summed E-state index contributed by atoms with van der Waals surface area (Å²) >= 11 is 3.54. The molecule has 2 atom stereocenters. The van der Waals surface area contributed by atoms with E-state index in [1.807, 2.05) is 0 Å². The minimum atomic E-state index is 0.0969. The Labute approximate surface area is 117 Å². The fourth-order valence-electron chi connectivity index (χ4n) is 2.64. The maximum atomic E-state index is 5.86. The number of morpholine rings is 1. The molecule has 0 spiro atoms. The summed E-state index contributed by atoms with van der Waals surface area (Å²) in [5.74, 6) is 0. The molecule has 4 heteroatoms. The van der Waals surface area contributed by atoms with Gasteiger partial charge in [-0.05, 0) is 30.7 Å². The molecular formula is C14H21BrN2O.